The van der Waals surface area contributed by atoms with Gasteiger partial charge in [0.1, 0.15) is 12.8 Å². The van der Waals surface area contributed by atoms with Crippen LogP contribution in [-0.4, -0.2) is 11.9 Å². The number of hydrogen-bond donors (Lipinski definition) is 0. The van der Waals surface area contributed by atoms with Gasteiger partial charge in [-0.2, -0.15) is 0 Å². The Balaban J connectivity index is 2.10. The smallest absolute Gasteiger partial charge is 0.227 e. The van der Waals surface area contributed by atoms with Crippen molar-refractivity contribution in [3.63, 3.8) is 0 Å². The highest BCUT2D eigenvalue weighted by Crippen LogP contribution is 2.34. The highest BCUT2D eigenvalue weighted by molar-refractivity contribution is 5.97. The van der Waals surface area contributed by atoms with Gasteiger partial charge in [0.05, 0.1) is 18.2 Å². The summed E-state index contributed by atoms with van der Waals surface area (Å²) in [6.07, 6.45) is 6.08. The summed E-state index contributed by atoms with van der Waals surface area (Å²) >= 11 is 0. The van der Waals surface area contributed by atoms with Gasteiger partial charge in [-0.1, -0.05) is 18.2 Å². The molecule has 1 atom stereocenters. The van der Waals surface area contributed by atoms with Gasteiger partial charge in [0.25, 0.3) is 0 Å². The van der Waals surface area contributed by atoms with E-state index in [1.807, 2.05) is 17.0 Å². The summed E-state index contributed by atoms with van der Waals surface area (Å²) in [7, 11) is 0. The molecule has 3 rings (SSSR count). The van der Waals surface area contributed by atoms with Crippen molar-refractivity contribution in [2.45, 2.75) is 31.7 Å². The Bertz CT molecular complexity index is 399. The van der Waals surface area contributed by atoms with Crippen molar-refractivity contribution in [1.29, 1.82) is 0 Å². The van der Waals surface area contributed by atoms with E-state index in [0.29, 0.717) is 18.4 Å². The van der Waals surface area contributed by atoms with Crippen LogP contribution in [0.1, 0.15) is 24.8 Å². The molecule has 2 aliphatic rings. The molecular formula is C13H14NO+. The predicted octanol–water partition coefficient (Wildman–Crippen LogP) is 2.33. The second kappa shape index (κ2) is 3.30. The number of anilines is 1. The number of rotatable bonds is 0. The molecule has 0 aromatic heterocycles. The van der Waals surface area contributed by atoms with Gasteiger partial charge >= 0.3 is 0 Å². The summed E-state index contributed by atoms with van der Waals surface area (Å²) in [5, 5.41) is 0. The van der Waals surface area contributed by atoms with Gasteiger partial charge in [0.15, 0.2) is 0 Å². The third-order valence-electron chi connectivity index (χ3n) is 3.38. The van der Waals surface area contributed by atoms with E-state index in [2.05, 4.69) is 18.6 Å². The molecule has 2 heterocycles. The lowest BCUT2D eigenvalue weighted by Crippen LogP contribution is -2.32. The van der Waals surface area contributed by atoms with Crippen molar-refractivity contribution in [2.24, 2.45) is 0 Å². The molecule has 2 nitrogen and oxygen atoms in total. The maximum atomic E-state index is 11.8. The lowest BCUT2D eigenvalue weighted by Gasteiger charge is -2.21. The average molecular weight is 200 g/mol. The molecule has 0 aliphatic carbocycles. The third kappa shape index (κ3) is 1.32. The molecule has 1 amide bonds. The number of carbonyl (C=O) groups excluding carboxylic acids is 1. The van der Waals surface area contributed by atoms with Crippen LogP contribution >= 0.6 is 0 Å². The number of fused-ring (bicyclic) bond motifs is 3. The third-order valence-corrected chi connectivity index (χ3v) is 3.38. The van der Waals surface area contributed by atoms with Gasteiger partial charge in [-0.05, 0) is 12.5 Å². The molecule has 0 saturated carbocycles. The quantitative estimate of drug-likeness (QED) is 0.589. The zero-order valence-corrected chi connectivity index (χ0v) is 8.65. The fraction of sp³-hybridized carbons (Fsp3) is 0.385. The molecule has 1 aromatic carbocycles. The summed E-state index contributed by atoms with van der Waals surface area (Å²) in [5.74, 6) is 0.294. The zero-order chi connectivity index (χ0) is 10.3. The number of carbonyl (C=O) groups is 1. The molecule has 2 aliphatic heterocycles. The molecule has 0 unspecified atom stereocenters. The van der Waals surface area contributed by atoms with E-state index >= 15 is 0 Å². The molecule has 1 saturated heterocycles. The van der Waals surface area contributed by atoms with Crippen molar-refractivity contribution in [2.75, 3.05) is 4.90 Å². The molecule has 0 bridgehead atoms. The number of benzene rings is 1. The first kappa shape index (κ1) is 8.84. The standard InChI is InChI=1S/C13H14NO/c15-13-9-8-11-6-3-5-10-4-1-2-7-12(10)14(11)13/h1-4,7,11H,5-6,8-9H2/q+1/t11-/m0/s1. The molecule has 1 aromatic rings. The van der Waals surface area contributed by atoms with E-state index < -0.39 is 0 Å². The highest BCUT2D eigenvalue weighted by Gasteiger charge is 2.37. The minimum absolute atomic E-state index is 0.294. The average Bonchev–Trinajstić information content (AvgIpc) is 2.52. The van der Waals surface area contributed by atoms with Gasteiger partial charge in [-0.25, -0.2) is 0 Å². The van der Waals surface area contributed by atoms with Gasteiger partial charge in [0, 0.05) is 12.0 Å². The Kier molecular flexibility index (Phi) is 1.94. The number of para-hydroxylation sites is 1. The first-order valence-corrected chi connectivity index (χ1v) is 5.58. The van der Waals surface area contributed by atoms with Gasteiger partial charge in [-0.15, -0.1) is 0 Å². The molecule has 76 valence electrons. The van der Waals surface area contributed by atoms with Gasteiger partial charge in [-0.3, -0.25) is 4.79 Å². The lowest BCUT2D eigenvalue weighted by molar-refractivity contribution is -0.117. The Labute approximate surface area is 89.9 Å². The molecule has 2 heteroatoms. The minimum atomic E-state index is 0.294. The molecule has 0 radical (unpaired) electrons. The van der Waals surface area contributed by atoms with Crippen LogP contribution in [0.5, 0.6) is 0 Å². The fourth-order valence-electron chi connectivity index (χ4n) is 2.65. The first-order chi connectivity index (χ1) is 7.36. The van der Waals surface area contributed by atoms with Gasteiger partial charge in [0.2, 0.25) is 5.91 Å². The second-order valence-electron chi connectivity index (χ2n) is 4.31. The Morgan fingerprint density at radius 3 is 3.13 bits per heavy atom. The topological polar surface area (TPSA) is 20.3 Å². The summed E-state index contributed by atoms with van der Waals surface area (Å²) in [6, 6.07) is 8.69. The summed E-state index contributed by atoms with van der Waals surface area (Å²) in [4.78, 5) is 13.8. The van der Waals surface area contributed by atoms with Crippen molar-refractivity contribution < 1.29 is 4.79 Å². The lowest BCUT2D eigenvalue weighted by atomic mass is 10.1. The number of hydrogen-bond acceptors (Lipinski definition) is 1. The van der Waals surface area contributed by atoms with Gasteiger partial charge < -0.3 is 4.90 Å². The maximum Gasteiger partial charge on any atom is 0.227 e. The van der Waals surface area contributed by atoms with Crippen molar-refractivity contribution in [3.8, 4) is 0 Å². The maximum absolute atomic E-state index is 11.8. The van der Waals surface area contributed by atoms with E-state index in [1.54, 1.807) is 0 Å². The fourth-order valence-corrected chi connectivity index (χ4v) is 2.65. The van der Waals surface area contributed by atoms with Crippen LogP contribution in [-0.2, 0) is 11.2 Å². The van der Waals surface area contributed by atoms with Crippen LogP contribution in [0.2, 0.25) is 0 Å². The van der Waals surface area contributed by atoms with Crippen LogP contribution in [0.25, 0.3) is 0 Å². The summed E-state index contributed by atoms with van der Waals surface area (Å²) in [6.45, 7) is 0. The largest absolute Gasteiger partial charge is 0.305 e. The Morgan fingerprint density at radius 1 is 1.33 bits per heavy atom. The first-order valence-electron chi connectivity index (χ1n) is 5.58. The van der Waals surface area contributed by atoms with Crippen molar-refractivity contribution >= 4 is 11.6 Å². The van der Waals surface area contributed by atoms with E-state index in [-0.39, 0.29) is 0 Å². The van der Waals surface area contributed by atoms with Crippen LogP contribution in [0.4, 0.5) is 5.69 Å². The van der Waals surface area contributed by atoms with E-state index in [1.165, 1.54) is 5.56 Å². The van der Waals surface area contributed by atoms with E-state index in [9.17, 15) is 4.79 Å². The number of amides is 1. The summed E-state index contributed by atoms with van der Waals surface area (Å²) < 4.78 is 0. The summed E-state index contributed by atoms with van der Waals surface area (Å²) in [5.41, 5.74) is 2.43. The predicted molar refractivity (Wildman–Crippen MR) is 59.6 cm³/mol. The normalized spacial score (nSPS) is 24.1. The highest BCUT2D eigenvalue weighted by atomic mass is 16.2. The number of nitrogens with zero attached hydrogens (tertiary/aromatic N) is 1. The molecule has 1 fully saturated rings. The molecular weight excluding hydrogens is 186 g/mol. The molecule has 15 heavy (non-hydrogen) atoms. The van der Waals surface area contributed by atoms with Crippen molar-refractivity contribution in [3.05, 3.63) is 36.2 Å². The van der Waals surface area contributed by atoms with Crippen LogP contribution in [0.15, 0.2) is 24.3 Å². The van der Waals surface area contributed by atoms with Crippen LogP contribution < -0.4 is 4.90 Å². The monoisotopic (exact) mass is 200 g/mol. The van der Waals surface area contributed by atoms with Crippen molar-refractivity contribution in [1.82, 2.24) is 0 Å². The second-order valence-corrected chi connectivity index (χ2v) is 4.31. The molecule has 0 N–H and O–H groups in total. The Morgan fingerprint density at radius 2 is 2.20 bits per heavy atom. The minimum Gasteiger partial charge on any atom is -0.305 e. The van der Waals surface area contributed by atoms with Crippen LogP contribution in [0.3, 0.4) is 0 Å². The van der Waals surface area contributed by atoms with E-state index in [0.717, 1.165) is 24.9 Å². The SMILES string of the molecule is O=C1CC[C@@H]2C[CH+]Cc3ccccc3N12. The van der Waals surface area contributed by atoms with E-state index in [4.69, 9.17) is 0 Å². The molecule has 0 spiro atoms. The Hall–Kier alpha value is -1.44. The van der Waals surface area contributed by atoms with Crippen LogP contribution in [0, 0.1) is 6.42 Å². The zero-order valence-electron chi connectivity index (χ0n) is 8.65.